The number of amides is 1. The van der Waals surface area contributed by atoms with Crippen LogP contribution in [0.4, 0.5) is 10.1 Å². The molecule has 5 aromatic rings. The standard InChI is InChI=1S/C25H18FN3O4/c1-14-11-20(30)24(28-29(14)19-9-5-4-8-17(19)26)25(31)27-18-13-22-16(12-23(18)32-2)15-7-3-6-10-21(15)33-22/h3-13H,1-2H3,(H,27,31). The Hall–Kier alpha value is -4.46. The summed E-state index contributed by atoms with van der Waals surface area (Å²) in [6.45, 7) is 1.61. The molecule has 0 atom stereocenters. The summed E-state index contributed by atoms with van der Waals surface area (Å²) in [6, 6.07) is 18.2. The second kappa shape index (κ2) is 7.90. The van der Waals surface area contributed by atoms with Crippen LogP contribution in [0.2, 0.25) is 0 Å². The predicted molar refractivity (Wildman–Crippen MR) is 123 cm³/mol. The van der Waals surface area contributed by atoms with Gasteiger partial charge in [-0.3, -0.25) is 9.59 Å². The molecule has 1 amide bonds. The van der Waals surface area contributed by atoms with E-state index in [4.69, 9.17) is 9.15 Å². The second-order valence-corrected chi connectivity index (χ2v) is 7.46. The quantitative estimate of drug-likeness (QED) is 0.430. The van der Waals surface area contributed by atoms with E-state index in [1.165, 1.54) is 30.0 Å². The lowest BCUT2D eigenvalue weighted by molar-refractivity contribution is 0.101. The molecule has 0 aliphatic rings. The molecule has 0 unspecified atom stereocenters. The predicted octanol–water partition coefficient (Wildman–Crippen LogP) is 4.84. The number of carbonyl (C=O) groups is 1. The summed E-state index contributed by atoms with van der Waals surface area (Å²) >= 11 is 0. The highest BCUT2D eigenvalue weighted by molar-refractivity contribution is 6.09. The number of benzene rings is 3. The van der Waals surface area contributed by atoms with E-state index in [9.17, 15) is 14.0 Å². The third-order valence-electron chi connectivity index (χ3n) is 5.35. The van der Waals surface area contributed by atoms with Crippen molar-refractivity contribution >= 4 is 33.5 Å². The van der Waals surface area contributed by atoms with Gasteiger partial charge >= 0.3 is 0 Å². The molecule has 0 spiro atoms. The van der Waals surface area contributed by atoms with Crippen molar-refractivity contribution in [3.63, 3.8) is 0 Å². The third kappa shape index (κ3) is 3.51. The average Bonchev–Trinajstić information content (AvgIpc) is 3.16. The first-order valence-electron chi connectivity index (χ1n) is 10.1. The molecule has 0 fully saturated rings. The van der Waals surface area contributed by atoms with E-state index in [-0.39, 0.29) is 11.4 Å². The molecule has 2 aromatic heterocycles. The van der Waals surface area contributed by atoms with Crippen molar-refractivity contribution in [1.82, 2.24) is 9.78 Å². The first-order chi connectivity index (χ1) is 16.0. The Balaban J connectivity index is 1.57. The van der Waals surface area contributed by atoms with Crippen molar-refractivity contribution < 1.29 is 18.3 Å². The van der Waals surface area contributed by atoms with E-state index >= 15 is 0 Å². The van der Waals surface area contributed by atoms with Crippen LogP contribution < -0.4 is 15.5 Å². The zero-order valence-corrected chi connectivity index (χ0v) is 17.8. The molecule has 3 aromatic carbocycles. The Labute approximate surface area is 187 Å². The third-order valence-corrected chi connectivity index (χ3v) is 5.35. The maximum atomic E-state index is 14.3. The number of nitrogens with zero attached hydrogens (tertiary/aromatic N) is 2. The average molecular weight is 443 g/mol. The van der Waals surface area contributed by atoms with Crippen molar-refractivity contribution in [3.05, 3.63) is 94.2 Å². The summed E-state index contributed by atoms with van der Waals surface area (Å²) < 4.78 is 26.9. The first-order valence-corrected chi connectivity index (χ1v) is 10.1. The van der Waals surface area contributed by atoms with Crippen molar-refractivity contribution in [3.8, 4) is 11.4 Å². The van der Waals surface area contributed by atoms with Gasteiger partial charge in [0.05, 0.1) is 12.8 Å². The van der Waals surface area contributed by atoms with E-state index in [0.717, 1.165) is 10.8 Å². The number of ether oxygens (including phenoxy) is 1. The van der Waals surface area contributed by atoms with Crippen molar-refractivity contribution in [2.24, 2.45) is 0 Å². The Bertz CT molecular complexity index is 1600. The van der Waals surface area contributed by atoms with Crippen LogP contribution in [-0.4, -0.2) is 22.8 Å². The Morgan fingerprint density at radius 2 is 1.79 bits per heavy atom. The van der Waals surface area contributed by atoms with Gasteiger partial charge in [-0.25, -0.2) is 9.07 Å². The fraction of sp³-hybridized carbons (Fsp3) is 0.0800. The zero-order chi connectivity index (χ0) is 23.1. The van der Waals surface area contributed by atoms with Gasteiger partial charge in [0, 0.05) is 28.6 Å². The number of hydrogen-bond acceptors (Lipinski definition) is 5. The van der Waals surface area contributed by atoms with E-state index in [1.807, 2.05) is 24.3 Å². The smallest absolute Gasteiger partial charge is 0.280 e. The van der Waals surface area contributed by atoms with Crippen LogP contribution in [0.5, 0.6) is 5.75 Å². The SMILES string of the molecule is COc1cc2c(cc1NC(=O)c1nn(-c3ccccc3F)c(C)cc1=O)oc1ccccc12. The fourth-order valence-corrected chi connectivity index (χ4v) is 3.77. The minimum Gasteiger partial charge on any atom is -0.495 e. The number of hydrogen-bond donors (Lipinski definition) is 1. The molecule has 2 heterocycles. The summed E-state index contributed by atoms with van der Waals surface area (Å²) in [4.78, 5) is 25.6. The maximum Gasteiger partial charge on any atom is 0.280 e. The summed E-state index contributed by atoms with van der Waals surface area (Å²) in [5.41, 5.74) is 1.12. The monoisotopic (exact) mass is 443 g/mol. The number of aryl methyl sites for hydroxylation is 1. The molecule has 0 radical (unpaired) electrons. The van der Waals surface area contributed by atoms with Crippen LogP contribution in [0.15, 0.2) is 75.9 Å². The van der Waals surface area contributed by atoms with Gasteiger partial charge in [-0.2, -0.15) is 5.10 Å². The summed E-state index contributed by atoms with van der Waals surface area (Å²) in [5, 5.41) is 8.56. The molecule has 0 bridgehead atoms. The van der Waals surface area contributed by atoms with Crippen molar-refractivity contribution in [2.75, 3.05) is 12.4 Å². The van der Waals surface area contributed by atoms with E-state index in [0.29, 0.717) is 28.3 Å². The first kappa shape index (κ1) is 20.4. The Kier molecular flexibility index (Phi) is 4.90. The van der Waals surface area contributed by atoms with E-state index in [2.05, 4.69) is 10.4 Å². The lowest BCUT2D eigenvalue weighted by Gasteiger charge is -2.13. The van der Waals surface area contributed by atoms with Crippen LogP contribution in [0.25, 0.3) is 27.6 Å². The lowest BCUT2D eigenvalue weighted by Crippen LogP contribution is -2.27. The summed E-state index contributed by atoms with van der Waals surface area (Å²) in [5.74, 6) is -0.886. The molecular formula is C25H18FN3O4. The highest BCUT2D eigenvalue weighted by atomic mass is 19.1. The van der Waals surface area contributed by atoms with Gasteiger partial charge in [0.25, 0.3) is 5.91 Å². The van der Waals surface area contributed by atoms with Crippen molar-refractivity contribution in [2.45, 2.75) is 6.92 Å². The number of fused-ring (bicyclic) bond motifs is 3. The molecule has 1 N–H and O–H groups in total. The van der Waals surface area contributed by atoms with Crippen LogP contribution in [-0.2, 0) is 0 Å². The van der Waals surface area contributed by atoms with Crippen LogP contribution >= 0.6 is 0 Å². The van der Waals surface area contributed by atoms with Gasteiger partial charge in [-0.15, -0.1) is 0 Å². The normalized spacial score (nSPS) is 11.1. The van der Waals surface area contributed by atoms with Crippen molar-refractivity contribution in [1.29, 1.82) is 0 Å². The van der Waals surface area contributed by atoms with E-state index < -0.39 is 17.2 Å². The van der Waals surface area contributed by atoms with Crippen LogP contribution in [0.1, 0.15) is 16.2 Å². The number of para-hydroxylation sites is 2. The number of carbonyl (C=O) groups excluding carboxylic acids is 1. The fourth-order valence-electron chi connectivity index (χ4n) is 3.77. The number of aromatic nitrogens is 2. The van der Waals surface area contributed by atoms with Crippen LogP contribution in [0, 0.1) is 12.7 Å². The van der Waals surface area contributed by atoms with Gasteiger partial charge in [0.15, 0.2) is 5.69 Å². The maximum absolute atomic E-state index is 14.3. The largest absolute Gasteiger partial charge is 0.495 e. The van der Waals surface area contributed by atoms with Crippen LogP contribution in [0.3, 0.4) is 0 Å². The Morgan fingerprint density at radius 1 is 1.03 bits per heavy atom. The number of rotatable bonds is 4. The number of furan rings is 1. The summed E-state index contributed by atoms with van der Waals surface area (Å²) in [7, 11) is 1.48. The van der Waals surface area contributed by atoms with Gasteiger partial charge in [-0.1, -0.05) is 30.3 Å². The van der Waals surface area contributed by atoms with Gasteiger partial charge in [0.2, 0.25) is 5.43 Å². The van der Waals surface area contributed by atoms with Gasteiger partial charge in [-0.05, 0) is 31.2 Å². The zero-order valence-electron chi connectivity index (χ0n) is 17.8. The minimum atomic E-state index is -0.751. The molecule has 7 nitrogen and oxygen atoms in total. The highest BCUT2D eigenvalue weighted by Gasteiger charge is 2.20. The molecule has 8 heteroatoms. The molecule has 0 saturated heterocycles. The number of nitrogens with one attached hydrogen (secondary N) is 1. The molecular weight excluding hydrogens is 425 g/mol. The number of halogens is 1. The van der Waals surface area contributed by atoms with Gasteiger partial charge in [0.1, 0.15) is 28.4 Å². The molecule has 0 aliphatic carbocycles. The molecule has 0 saturated carbocycles. The number of anilines is 1. The summed E-state index contributed by atoms with van der Waals surface area (Å²) in [6.07, 6.45) is 0. The lowest BCUT2D eigenvalue weighted by atomic mass is 10.1. The van der Waals surface area contributed by atoms with Gasteiger partial charge < -0.3 is 14.5 Å². The molecule has 164 valence electrons. The second-order valence-electron chi connectivity index (χ2n) is 7.46. The van der Waals surface area contributed by atoms with E-state index in [1.54, 1.807) is 31.2 Å². The molecule has 5 rings (SSSR count). The molecule has 0 aliphatic heterocycles. The number of methoxy groups -OCH3 is 1. The Morgan fingerprint density at radius 3 is 2.58 bits per heavy atom. The highest BCUT2D eigenvalue weighted by Crippen LogP contribution is 2.36. The topological polar surface area (TPSA) is 86.4 Å². The molecule has 33 heavy (non-hydrogen) atoms. The minimum absolute atomic E-state index is 0.130.